The van der Waals surface area contributed by atoms with Gasteiger partial charge in [-0.25, -0.2) is 13.1 Å². The molecule has 2 aromatic rings. The molecule has 1 N–H and O–H groups in total. The summed E-state index contributed by atoms with van der Waals surface area (Å²) >= 11 is 0. The Bertz CT molecular complexity index is 1260. The average molecular weight is 451 g/mol. The maximum atomic E-state index is 13.4. The van der Waals surface area contributed by atoms with Crippen molar-refractivity contribution in [3.8, 4) is 5.69 Å². The molecule has 0 aliphatic carbocycles. The fraction of sp³-hybridized carbons (Fsp3) is 0.211. The Morgan fingerprint density at radius 3 is 2.68 bits per heavy atom. The van der Waals surface area contributed by atoms with Crippen LogP contribution in [0, 0.1) is 6.92 Å². The van der Waals surface area contributed by atoms with Crippen molar-refractivity contribution >= 4 is 27.6 Å². The molecule has 0 saturated carbocycles. The molecule has 1 aromatic heterocycles. The maximum Gasteiger partial charge on any atom is 0.418 e. The summed E-state index contributed by atoms with van der Waals surface area (Å²) in [5, 5.41) is 6.68. The predicted molar refractivity (Wildman–Crippen MR) is 107 cm³/mol. The van der Waals surface area contributed by atoms with Crippen LogP contribution in [-0.4, -0.2) is 47.1 Å². The van der Waals surface area contributed by atoms with Crippen LogP contribution in [-0.2, 0) is 21.0 Å². The number of carbonyl (C=O) groups is 1. The van der Waals surface area contributed by atoms with E-state index in [1.54, 1.807) is 6.92 Å². The van der Waals surface area contributed by atoms with E-state index in [4.69, 9.17) is 0 Å². The number of sulfonamides is 1. The minimum atomic E-state index is -4.60. The highest BCUT2D eigenvalue weighted by atomic mass is 32.2. The Morgan fingerprint density at radius 1 is 1.19 bits per heavy atom. The summed E-state index contributed by atoms with van der Waals surface area (Å²) in [6.45, 7) is 1.73. The van der Waals surface area contributed by atoms with Gasteiger partial charge in [-0.2, -0.15) is 18.3 Å². The monoisotopic (exact) mass is 451 g/mol. The van der Waals surface area contributed by atoms with Gasteiger partial charge in [-0.3, -0.25) is 4.79 Å². The summed E-state index contributed by atoms with van der Waals surface area (Å²) in [7, 11) is -3.53. The highest BCUT2D eigenvalue weighted by molar-refractivity contribution is 7.90. The molecule has 0 radical (unpaired) electrons. The summed E-state index contributed by atoms with van der Waals surface area (Å²) in [6, 6.07) is 6.39. The lowest BCUT2D eigenvalue weighted by atomic mass is 10.1. The van der Waals surface area contributed by atoms with Crippen LogP contribution in [0.4, 0.5) is 19.0 Å². The minimum absolute atomic E-state index is 0.0641. The molecular weight excluding hydrogens is 435 g/mol. The number of aromatic nitrogens is 2. The van der Waals surface area contributed by atoms with Gasteiger partial charge in [0.05, 0.1) is 28.3 Å². The van der Waals surface area contributed by atoms with Crippen LogP contribution in [0.5, 0.6) is 0 Å². The summed E-state index contributed by atoms with van der Waals surface area (Å²) in [5.74, 6) is -0.512. The van der Waals surface area contributed by atoms with Gasteiger partial charge in [0.2, 0.25) is 0 Å². The first-order valence-corrected chi connectivity index (χ1v) is 10.7. The number of hydrogen-bond acceptors (Lipinski definition) is 5. The molecule has 0 bridgehead atoms. The molecule has 0 unspecified atom stereocenters. The summed E-state index contributed by atoms with van der Waals surface area (Å²) in [4.78, 5) is 14.3. The van der Waals surface area contributed by atoms with E-state index < -0.39 is 27.7 Å². The van der Waals surface area contributed by atoms with Crippen LogP contribution in [0.25, 0.3) is 5.69 Å². The first kappa shape index (κ1) is 20.8. The van der Waals surface area contributed by atoms with Crippen LogP contribution >= 0.6 is 0 Å². The second-order valence-corrected chi connectivity index (χ2v) is 8.65. The summed E-state index contributed by atoms with van der Waals surface area (Å²) < 4.78 is 68.2. The second kappa shape index (κ2) is 7.38. The van der Waals surface area contributed by atoms with E-state index in [9.17, 15) is 26.4 Å². The molecule has 4 rings (SSSR count). The van der Waals surface area contributed by atoms with Gasteiger partial charge in [0.15, 0.2) is 0 Å². The Balaban J connectivity index is 1.64. The smallest absolute Gasteiger partial charge is 0.330 e. The van der Waals surface area contributed by atoms with Crippen molar-refractivity contribution in [2.24, 2.45) is 4.40 Å². The lowest BCUT2D eigenvalue weighted by Gasteiger charge is -2.27. The number of amidine groups is 1. The number of rotatable bonds is 3. The van der Waals surface area contributed by atoms with Crippen molar-refractivity contribution in [3.63, 3.8) is 0 Å². The molecule has 31 heavy (non-hydrogen) atoms. The minimum Gasteiger partial charge on any atom is -0.330 e. The number of aryl methyl sites for hydroxylation is 1. The average Bonchev–Trinajstić information content (AvgIpc) is 3.06. The fourth-order valence-corrected chi connectivity index (χ4v) is 4.16. The van der Waals surface area contributed by atoms with Crippen molar-refractivity contribution in [3.05, 3.63) is 65.5 Å². The Morgan fingerprint density at radius 2 is 1.94 bits per heavy atom. The number of hydrogen-bond donors (Lipinski definition) is 1. The SMILES string of the molecule is Cc1cc(NC(=O)C2=CN3CCS(=O)(=O)N=C3C=C2)n(-c2ccccc2C(F)(F)F)n1. The predicted octanol–water partition coefficient (Wildman–Crippen LogP) is 2.64. The van der Waals surface area contributed by atoms with Crippen molar-refractivity contribution in [1.29, 1.82) is 0 Å². The number of para-hydroxylation sites is 1. The molecular formula is C19H16F3N5O3S. The van der Waals surface area contributed by atoms with Crippen molar-refractivity contribution in [2.75, 3.05) is 17.6 Å². The topological polar surface area (TPSA) is 96.7 Å². The third kappa shape index (κ3) is 4.24. The van der Waals surface area contributed by atoms with E-state index in [2.05, 4.69) is 14.8 Å². The van der Waals surface area contributed by atoms with Crippen LogP contribution in [0.2, 0.25) is 0 Å². The second-order valence-electron chi connectivity index (χ2n) is 6.90. The zero-order chi connectivity index (χ0) is 22.4. The van der Waals surface area contributed by atoms with Crippen molar-refractivity contribution in [1.82, 2.24) is 14.7 Å². The van der Waals surface area contributed by atoms with E-state index in [0.717, 1.165) is 10.7 Å². The number of anilines is 1. The molecule has 12 heteroatoms. The molecule has 1 aromatic carbocycles. The maximum absolute atomic E-state index is 13.4. The Kier molecular flexibility index (Phi) is 4.96. The number of fused-ring (bicyclic) bond motifs is 1. The lowest BCUT2D eigenvalue weighted by Crippen LogP contribution is -2.37. The van der Waals surface area contributed by atoms with E-state index >= 15 is 0 Å². The van der Waals surface area contributed by atoms with Crippen molar-refractivity contribution in [2.45, 2.75) is 13.1 Å². The standard InChI is InChI=1S/C19H16F3N5O3S/c1-12-10-17(27(24-12)15-5-3-2-4-14(15)19(20,21)22)23-18(28)13-6-7-16-25-31(29,30)9-8-26(16)11-13/h2-7,10-11H,8-9H2,1H3,(H,23,28). The van der Waals surface area contributed by atoms with Gasteiger partial charge >= 0.3 is 6.18 Å². The zero-order valence-electron chi connectivity index (χ0n) is 16.1. The highest BCUT2D eigenvalue weighted by Crippen LogP contribution is 2.34. The van der Waals surface area contributed by atoms with E-state index in [1.807, 2.05) is 0 Å². The normalized spacial score (nSPS) is 17.6. The van der Waals surface area contributed by atoms with Crippen LogP contribution in [0.1, 0.15) is 11.3 Å². The largest absolute Gasteiger partial charge is 0.418 e. The highest BCUT2D eigenvalue weighted by Gasteiger charge is 2.34. The molecule has 8 nitrogen and oxygen atoms in total. The molecule has 3 heterocycles. The molecule has 0 fully saturated rings. The third-order valence-electron chi connectivity index (χ3n) is 4.60. The number of benzene rings is 1. The van der Waals surface area contributed by atoms with Gasteiger partial charge in [-0.1, -0.05) is 12.1 Å². The molecule has 0 spiro atoms. The number of amides is 1. The molecule has 0 saturated heterocycles. The summed E-state index contributed by atoms with van der Waals surface area (Å²) in [5.41, 5.74) is -0.508. The van der Waals surface area contributed by atoms with Crippen LogP contribution in [0.15, 0.2) is 58.7 Å². The number of nitrogens with one attached hydrogen (secondary N) is 1. The molecule has 0 atom stereocenters. The van der Waals surface area contributed by atoms with Gasteiger partial charge in [-0.15, -0.1) is 4.40 Å². The summed E-state index contributed by atoms with van der Waals surface area (Å²) in [6.07, 6.45) is -0.368. The number of carbonyl (C=O) groups excluding carboxylic acids is 1. The van der Waals surface area contributed by atoms with Gasteiger partial charge < -0.3 is 10.2 Å². The third-order valence-corrected chi connectivity index (χ3v) is 5.76. The molecule has 162 valence electrons. The van der Waals surface area contributed by atoms with Gasteiger partial charge in [0.1, 0.15) is 11.7 Å². The molecule has 1 amide bonds. The van der Waals surface area contributed by atoms with E-state index in [1.165, 1.54) is 47.5 Å². The Hall–Kier alpha value is -3.41. The quantitative estimate of drug-likeness (QED) is 0.774. The van der Waals surface area contributed by atoms with Crippen molar-refractivity contribution < 1.29 is 26.4 Å². The number of nitrogens with zero attached hydrogens (tertiary/aromatic N) is 4. The van der Waals surface area contributed by atoms with Gasteiger partial charge in [0.25, 0.3) is 15.9 Å². The first-order chi connectivity index (χ1) is 14.5. The van der Waals surface area contributed by atoms with E-state index in [-0.39, 0.29) is 35.2 Å². The van der Waals surface area contributed by atoms with Crippen LogP contribution in [0.3, 0.4) is 0 Å². The first-order valence-electron chi connectivity index (χ1n) is 9.07. The van der Waals surface area contributed by atoms with Gasteiger partial charge in [-0.05, 0) is 31.2 Å². The lowest BCUT2D eigenvalue weighted by molar-refractivity contribution is -0.137. The molecule has 2 aliphatic heterocycles. The zero-order valence-corrected chi connectivity index (χ0v) is 16.9. The molecule has 2 aliphatic rings. The number of alkyl halides is 3. The fourth-order valence-electron chi connectivity index (χ4n) is 3.19. The Labute approximate surface area is 175 Å². The van der Waals surface area contributed by atoms with Crippen LogP contribution < -0.4 is 5.32 Å². The number of halogens is 3. The van der Waals surface area contributed by atoms with Gasteiger partial charge in [0, 0.05) is 18.8 Å². The van der Waals surface area contributed by atoms with E-state index in [0.29, 0.717) is 5.69 Å².